The van der Waals surface area contributed by atoms with Gasteiger partial charge in [-0.3, -0.25) is 9.69 Å². The van der Waals surface area contributed by atoms with E-state index in [0.29, 0.717) is 14.9 Å². The van der Waals surface area contributed by atoms with Crippen LogP contribution in [-0.2, 0) is 4.79 Å². The Labute approximate surface area is 160 Å². The van der Waals surface area contributed by atoms with Gasteiger partial charge in [0.05, 0.1) is 23.3 Å². The number of thioether (sulfide) groups is 1. The second-order valence-corrected chi connectivity index (χ2v) is 7.28. The maximum absolute atomic E-state index is 12.8. The van der Waals surface area contributed by atoms with Crippen LogP contribution in [0, 0.1) is 6.92 Å². The summed E-state index contributed by atoms with van der Waals surface area (Å²) in [7, 11) is 1.60. The highest BCUT2D eigenvalue weighted by Gasteiger charge is 2.33. The molecule has 0 radical (unpaired) electrons. The number of nitrogens with zero attached hydrogens (tertiary/aromatic N) is 1. The van der Waals surface area contributed by atoms with Crippen LogP contribution in [0.1, 0.15) is 21.5 Å². The molecule has 7 heteroatoms. The number of carbonyl (C=O) groups excluding carboxylic acids is 1. The number of hydrogen-bond acceptors (Lipinski definition) is 5. The lowest BCUT2D eigenvalue weighted by Gasteiger charge is -2.14. The predicted molar refractivity (Wildman–Crippen MR) is 107 cm³/mol. The molecule has 26 heavy (non-hydrogen) atoms. The van der Waals surface area contributed by atoms with E-state index in [9.17, 15) is 9.59 Å². The lowest BCUT2D eigenvalue weighted by Crippen LogP contribution is -2.27. The molecule has 0 aliphatic carbocycles. The molecule has 1 amide bonds. The van der Waals surface area contributed by atoms with Gasteiger partial charge in [-0.1, -0.05) is 42.2 Å². The number of thiocarbonyl (C=S) groups is 1. The molecule has 5 nitrogen and oxygen atoms in total. The van der Waals surface area contributed by atoms with E-state index in [-0.39, 0.29) is 11.5 Å². The van der Waals surface area contributed by atoms with Crippen LogP contribution in [0.2, 0.25) is 0 Å². The van der Waals surface area contributed by atoms with Crippen molar-refractivity contribution in [2.24, 2.45) is 0 Å². The molecule has 0 bridgehead atoms. The third-order valence-electron chi connectivity index (χ3n) is 3.87. The van der Waals surface area contributed by atoms with E-state index in [0.717, 1.165) is 16.9 Å². The fraction of sp³-hybridized carbons (Fsp3) is 0.105. The molecule has 132 valence electrons. The van der Waals surface area contributed by atoms with Gasteiger partial charge >= 0.3 is 5.97 Å². The zero-order valence-electron chi connectivity index (χ0n) is 14.1. The van der Waals surface area contributed by atoms with Crippen LogP contribution in [-0.4, -0.2) is 28.4 Å². The minimum Gasteiger partial charge on any atom is -0.496 e. The largest absolute Gasteiger partial charge is 0.496 e. The van der Waals surface area contributed by atoms with Gasteiger partial charge in [0.15, 0.2) is 4.32 Å². The maximum atomic E-state index is 12.8. The van der Waals surface area contributed by atoms with Crippen molar-refractivity contribution >= 4 is 51.9 Å². The predicted octanol–water partition coefficient (Wildman–Crippen LogP) is 4.11. The third kappa shape index (κ3) is 3.49. The van der Waals surface area contributed by atoms with E-state index in [4.69, 9.17) is 22.1 Å². The van der Waals surface area contributed by atoms with Gasteiger partial charge in [-0.05, 0) is 48.4 Å². The molecule has 1 fully saturated rings. The first-order valence-corrected chi connectivity index (χ1v) is 8.89. The van der Waals surface area contributed by atoms with Gasteiger partial charge < -0.3 is 9.84 Å². The molecule has 3 rings (SSSR count). The van der Waals surface area contributed by atoms with Crippen molar-refractivity contribution < 1.29 is 19.4 Å². The highest BCUT2D eigenvalue weighted by Crippen LogP contribution is 2.36. The van der Waals surface area contributed by atoms with E-state index in [2.05, 4.69) is 0 Å². The number of anilines is 1. The van der Waals surface area contributed by atoms with Crippen LogP contribution in [0.3, 0.4) is 0 Å². The lowest BCUT2D eigenvalue weighted by molar-refractivity contribution is -0.113. The zero-order chi connectivity index (χ0) is 18.8. The Morgan fingerprint density at radius 2 is 2.04 bits per heavy atom. The van der Waals surface area contributed by atoms with Gasteiger partial charge in [-0.2, -0.15) is 0 Å². The summed E-state index contributed by atoms with van der Waals surface area (Å²) in [6, 6.07) is 11.8. The molecular formula is C19H15NO4S2. The van der Waals surface area contributed by atoms with E-state index in [1.165, 1.54) is 28.8 Å². The Balaban J connectivity index is 1.94. The van der Waals surface area contributed by atoms with E-state index < -0.39 is 5.97 Å². The molecule has 1 N–H and O–H groups in total. The topological polar surface area (TPSA) is 66.8 Å². The first kappa shape index (κ1) is 18.2. The van der Waals surface area contributed by atoms with Crippen molar-refractivity contribution in [3.05, 3.63) is 64.1 Å². The number of aryl methyl sites for hydroxylation is 1. The molecule has 0 atom stereocenters. The Kier molecular flexibility index (Phi) is 5.11. The van der Waals surface area contributed by atoms with Crippen LogP contribution < -0.4 is 9.64 Å². The smallest absolute Gasteiger partial charge is 0.335 e. The Morgan fingerprint density at radius 1 is 1.27 bits per heavy atom. The third-order valence-corrected chi connectivity index (χ3v) is 5.18. The van der Waals surface area contributed by atoms with Crippen molar-refractivity contribution in [2.45, 2.75) is 6.92 Å². The molecule has 0 unspecified atom stereocenters. The van der Waals surface area contributed by atoms with Gasteiger partial charge in [0.2, 0.25) is 0 Å². The molecule has 2 aromatic rings. The summed E-state index contributed by atoms with van der Waals surface area (Å²) in [5, 5.41) is 9.14. The number of carboxylic acids is 1. The molecular weight excluding hydrogens is 370 g/mol. The average Bonchev–Trinajstić information content (AvgIpc) is 2.90. The van der Waals surface area contributed by atoms with E-state index in [1.807, 2.05) is 25.1 Å². The Bertz CT molecular complexity index is 952. The first-order valence-electron chi connectivity index (χ1n) is 7.66. The normalized spacial score (nSPS) is 15.6. The van der Waals surface area contributed by atoms with E-state index in [1.54, 1.807) is 25.3 Å². The Morgan fingerprint density at radius 3 is 2.73 bits per heavy atom. The molecule has 1 aliphatic rings. The van der Waals surface area contributed by atoms with Gasteiger partial charge in [-0.25, -0.2) is 4.79 Å². The van der Waals surface area contributed by atoms with Crippen LogP contribution in [0.5, 0.6) is 5.75 Å². The van der Waals surface area contributed by atoms with Crippen LogP contribution in [0.4, 0.5) is 5.69 Å². The standard InChI is InChI=1S/C19H15NO4S2/c1-11-6-7-12(8-15(11)24-2)9-16-17(21)20(19(25)26-16)14-5-3-4-13(10-14)18(22)23/h3-10H,1-2H3,(H,22,23). The summed E-state index contributed by atoms with van der Waals surface area (Å²) in [5.41, 5.74) is 2.37. The highest BCUT2D eigenvalue weighted by atomic mass is 32.2. The summed E-state index contributed by atoms with van der Waals surface area (Å²) < 4.78 is 5.68. The van der Waals surface area contributed by atoms with Crippen LogP contribution in [0.15, 0.2) is 47.4 Å². The van der Waals surface area contributed by atoms with Crippen molar-refractivity contribution in [1.29, 1.82) is 0 Å². The summed E-state index contributed by atoms with van der Waals surface area (Å²) in [4.78, 5) is 25.8. The minimum atomic E-state index is -1.06. The fourth-order valence-corrected chi connectivity index (χ4v) is 3.85. The number of carbonyl (C=O) groups is 2. The number of rotatable bonds is 4. The monoisotopic (exact) mass is 385 g/mol. The highest BCUT2D eigenvalue weighted by molar-refractivity contribution is 8.27. The van der Waals surface area contributed by atoms with E-state index >= 15 is 0 Å². The quantitative estimate of drug-likeness (QED) is 0.631. The second kappa shape index (κ2) is 7.31. The summed E-state index contributed by atoms with van der Waals surface area (Å²) >= 11 is 6.51. The molecule has 0 saturated carbocycles. The lowest BCUT2D eigenvalue weighted by atomic mass is 10.1. The van der Waals surface area contributed by atoms with Crippen LogP contribution in [0.25, 0.3) is 6.08 Å². The van der Waals surface area contributed by atoms with Gasteiger partial charge in [0, 0.05) is 0 Å². The Hall–Kier alpha value is -2.64. The summed E-state index contributed by atoms with van der Waals surface area (Å²) in [6.07, 6.45) is 1.75. The number of hydrogen-bond donors (Lipinski definition) is 1. The van der Waals surface area contributed by atoms with Crippen molar-refractivity contribution in [3.63, 3.8) is 0 Å². The first-order chi connectivity index (χ1) is 12.4. The van der Waals surface area contributed by atoms with Gasteiger partial charge in [0.25, 0.3) is 5.91 Å². The van der Waals surface area contributed by atoms with Gasteiger partial charge in [0.1, 0.15) is 5.75 Å². The molecule has 0 aromatic heterocycles. The molecule has 0 spiro atoms. The van der Waals surface area contributed by atoms with Crippen molar-refractivity contribution in [3.8, 4) is 5.75 Å². The summed E-state index contributed by atoms with van der Waals surface area (Å²) in [5.74, 6) is -0.593. The number of methoxy groups -OCH3 is 1. The molecule has 1 aliphatic heterocycles. The fourth-order valence-electron chi connectivity index (χ4n) is 2.55. The summed E-state index contributed by atoms with van der Waals surface area (Å²) in [6.45, 7) is 1.94. The van der Waals surface area contributed by atoms with Gasteiger partial charge in [-0.15, -0.1) is 0 Å². The van der Waals surface area contributed by atoms with Crippen molar-refractivity contribution in [1.82, 2.24) is 0 Å². The molecule has 1 saturated heterocycles. The molecule has 2 aromatic carbocycles. The van der Waals surface area contributed by atoms with Crippen molar-refractivity contribution in [2.75, 3.05) is 12.0 Å². The zero-order valence-corrected chi connectivity index (χ0v) is 15.7. The van der Waals surface area contributed by atoms with Crippen LogP contribution >= 0.6 is 24.0 Å². The number of aromatic carboxylic acids is 1. The number of ether oxygens (including phenoxy) is 1. The number of benzene rings is 2. The SMILES string of the molecule is COc1cc(C=C2SC(=S)N(c3cccc(C(=O)O)c3)C2=O)ccc1C. The second-order valence-electron chi connectivity index (χ2n) is 5.60. The minimum absolute atomic E-state index is 0.101. The average molecular weight is 385 g/mol. The number of carboxylic acid groups (broad SMARTS) is 1. The molecule has 1 heterocycles. The number of amides is 1. The maximum Gasteiger partial charge on any atom is 0.335 e.